The van der Waals surface area contributed by atoms with Gasteiger partial charge in [-0.05, 0) is 12.1 Å². The van der Waals surface area contributed by atoms with Crippen LogP contribution in [0.5, 0.6) is 0 Å². The summed E-state index contributed by atoms with van der Waals surface area (Å²) in [6.07, 6.45) is 2.96. The Morgan fingerprint density at radius 1 is 1.43 bits per heavy atom. The first kappa shape index (κ1) is 8.26. The van der Waals surface area contributed by atoms with E-state index in [9.17, 15) is 0 Å². The van der Waals surface area contributed by atoms with Crippen molar-refractivity contribution in [2.24, 2.45) is 0 Å². The zero-order chi connectivity index (χ0) is 9.97. The third kappa shape index (κ3) is 1.29. The van der Waals surface area contributed by atoms with Crippen LogP contribution in [-0.4, -0.2) is 9.97 Å². The van der Waals surface area contributed by atoms with Gasteiger partial charge >= 0.3 is 0 Å². The Morgan fingerprint density at radius 3 is 2.93 bits per heavy atom. The van der Waals surface area contributed by atoms with E-state index in [1.54, 1.807) is 12.1 Å². The first-order chi connectivity index (χ1) is 6.81. The van der Waals surface area contributed by atoms with Crippen LogP contribution in [-0.2, 0) is 0 Å². The van der Waals surface area contributed by atoms with Crippen molar-refractivity contribution in [2.45, 2.75) is 0 Å². The highest BCUT2D eigenvalue weighted by atomic mass is 16.3. The highest BCUT2D eigenvalue weighted by Gasteiger charge is 2.07. The number of nitriles is 1. The minimum Gasteiger partial charge on any atom is -0.443 e. The summed E-state index contributed by atoms with van der Waals surface area (Å²) in [6, 6.07) is 5.15. The van der Waals surface area contributed by atoms with Crippen LogP contribution in [0.3, 0.4) is 0 Å². The highest BCUT2D eigenvalue weighted by molar-refractivity contribution is 5.57. The lowest BCUT2D eigenvalue weighted by atomic mass is 10.2. The largest absolute Gasteiger partial charge is 0.443 e. The first-order valence-corrected chi connectivity index (χ1v) is 3.88. The second-order valence-electron chi connectivity index (χ2n) is 2.58. The van der Waals surface area contributed by atoms with E-state index < -0.39 is 0 Å². The van der Waals surface area contributed by atoms with E-state index in [2.05, 4.69) is 9.97 Å². The van der Waals surface area contributed by atoms with Crippen molar-refractivity contribution >= 4 is 5.69 Å². The summed E-state index contributed by atoms with van der Waals surface area (Å²) in [5.41, 5.74) is 6.55. The number of anilines is 1. The molecule has 2 heterocycles. The van der Waals surface area contributed by atoms with E-state index in [-0.39, 0.29) is 5.69 Å². The number of hydrogen-bond acceptors (Lipinski definition) is 5. The Balaban J connectivity index is 2.53. The van der Waals surface area contributed by atoms with Crippen molar-refractivity contribution in [3.05, 3.63) is 30.3 Å². The van der Waals surface area contributed by atoms with Gasteiger partial charge in [0.2, 0.25) is 5.89 Å². The molecule has 0 aliphatic heterocycles. The number of aromatic nitrogens is 2. The number of hydrogen-bond donors (Lipinski definition) is 1. The average molecular weight is 186 g/mol. The fourth-order valence-electron chi connectivity index (χ4n) is 1.03. The van der Waals surface area contributed by atoms with Crippen LogP contribution in [0, 0.1) is 11.3 Å². The maximum Gasteiger partial charge on any atom is 0.245 e. The third-order valence-corrected chi connectivity index (χ3v) is 1.68. The lowest BCUT2D eigenvalue weighted by molar-refractivity contribution is 0.572. The molecule has 2 aromatic heterocycles. The van der Waals surface area contributed by atoms with Crippen molar-refractivity contribution in [3.8, 4) is 17.7 Å². The van der Waals surface area contributed by atoms with Gasteiger partial charge in [-0.2, -0.15) is 5.26 Å². The van der Waals surface area contributed by atoms with Gasteiger partial charge in [0.1, 0.15) is 18.0 Å². The minimum absolute atomic E-state index is 0.181. The summed E-state index contributed by atoms with van der Waals surface area (Å²) < 4.78 is 5.04. The summed E-state index contributed by atoms with van der Waals surface area (Å²) in [5.74, 6) is 0.376. The molecule has 5 heteroatoms. The van der Waals surface area contributed by atoms with E-state index in [1.807, 2.05) is 6.07 Å². The molecule has 0 saturated heterocycles. The molecule has 0 aliphatic rings. The van der Waals surface area contributed by atoms with E-state index in [0.29, 0.717) is 17.3 Å². The standard InChI is InChI=1S/C9H6N4O/c10-5-8-6(11)1-2-7(13-8)9-12-3-4-14-9/h1-4H,11H2. The predicted octanol–water partition coefficient (Wildman–Crippen LogP) is 1.19. The number of pyridine rings is 1. The summed E-state index contributed by atoms with van der Waals surface area (Å²) in [6.45, 7) is 0. The molecular formula is C9H6N4O. The molecule has 68 valence electrons. The topological polar surface area (TPSA) is 88.7 Å². The van der Waals surface area contributed by atoms with Crippen molar-refractivity contribution in [3.63, 3.8) is 0 Å². The number of oxazole rings is 1. The van der Waals surface area contributed by atoms with E-state index in [4.69, 9.17) is 15.4 Å². The van der Waals surface area contributed by atoms with Gasteiger partial charge in [-0.25, -0.2) is 9.97 Å². The van der Waals surface area contributed by atoms with Crippen LogP contribution in [0.15, 0.2) is 29.0 Å². The molecule has 0 spiro atoms. The molecule has 0 aliphatic carbocycles. The molecule has 5 nitrogen and oxygen atoms in total. The zero-order valence-electron chi connectivity index (χ0n) is 7.14. The Hall–Kier alpha value is -2.35. The lowest BCUT2D eigenvalue weighted by Crippen LogP contribution is -1.95. The van der Waals surface area contributed by atoms with E-state index >= 15 is 0 Å². The number of rotatable bonds is 1. The number of nitrogens with zero attached hydrogens (tertiary/aromatic N) is 3. The highest BCUT2D eigenvalue weighted by Crippen LogP contribution is 2.17. The van der Waals surface area contributed by atoms with Crippen LogP contribution in [0.2, 0.25) is 0 Å². The van der Waals surface area contributed by atoms with Crippen molar-refractivity contribution in [2.75, 3.05) is 5.73 Å². The quantitative estimate of drug-likeness (QED) is 0.722. The van der Waals surface area contributed by atoms with Crippen molar-refractivity contribution < 1.29 is 4.42 Å². The zero-order valence-corrected chi connectivity index (χ0v) is 7.14. The fourth-order valence-corrected chi connectivity index (χ4v) is 1.03. The van der Waals surface area contributed by atoms with Crippen LogP contribution in [0.4, 0.5) is 5.69 Å². The molecule has 14 heavy (non-hydrogen) atoms. The van der Waals surface area contributed by atoms with E-state index in [0.717, 1.165) is 0 Å². The molecule has 0 amide bonds. The van der Waals surface area contributed by atoms with Gasteiger partial charge in [-0.1, -0.05) is 0 Å². The molecule has 2 N–H and O–H groups in total. The smallest absolute Gasteiger partial charge is 0.245 e. The lowest BCUT2D eigenvalue weighted by Gasteiger charge is -1.97. The molecule has 0 fully saturated rings. The Labute approximate surface area is 79.8 Å². The van der Waals surface area contributed by atoms with Gasteiger partial charge in [-0.15, -0.1) is 0 Å². The molecule has 2 rings (SSSR count). The van der Waals surface area contributed by atoms with Crippen molar-refractivity contribution in [1.82, 2.24) is 9.97 Å². The molecule has 0 radical (unpaired) electrons. The van der Waals surface area contributed by atoms with Gasteiger partial charge in [0.15, 0.2) is 5.69 Å². The monoisotopic (exact) mass is 186 g/mol. The first-order valence-electron chi connectivity index (χ1n) is 3.88. The normalized spacial score (nSPS) is 9.64. The number of nitrogen functional groups attached to an aromatic ring is 1. The average Bonchev–Trinajstić information content (AvgIpc) is 2.71. The van der Waals surface area contributed by atoms with Crippen LogP contribution >= 0.6 is 0 Å². The van der Waals surface area contributed by atoms with Crippen LogP contribution in [0.25, 0.3) is 11.6 Å². The van der Waals surface area contributed by atoms with Crippen LogP contribution < -0.4 is 5.73 Å². The second kappa shape index (κ2) is 3.18. The van der Waals surface area contributed by atoms with Crippen LogP contribution in [0.1, 0.15) is 5.69 Å². The molecule has 0 saturated carbocycles. The molecule has 0 bridgehead atoms. The third-order valence-electron chi connectivity index (χ3n) is 1.68. The Morgan fingerprint density at radius 2 is 2.29 bits per heavy atom. The second-order valence-corrected chi connectivity index (χ2v) is 2.58. The molecule has 2 aromatic rings. The number of nitrogens with two attached hydrogens (primary N) is 1. The Bertz CT molecular complexity index is 484. The van der Waals surface area contributed by atoms with Gasteiger partial charge in [-0.3, -0.25) is 0 Å². The Kier molecular flexibility index (Phi) is 1.88. The van der Waals surface area contributed by atoms with E-state index in [1.165, 1.54) is 12.5 Å². The van der Waals surface area contributed by atoms with Gasteiger partial charge in [0.05, 0.1) is 11.9 Å². The molecule has 0 unspecified atom stereocenters. The molecule has 0 aromatic carbocycles. The van der Waals surface area contributed by atoms with Gasteiger partial charge in [0, 0.05) is 0 Å². The maximum absolute atomic E-state index is 8.70. The fraction of sp³-hybridized carbons (Fsp3) is 0. The summed E-state index contributed by atoms with van der Waals surface area (Å²) in [4.78, 5) is 7.90. The minimum atomic E-state index is 0.181. The summed E-state index contributed by atoms with van der Waals surface area (Å²) >= 11 is 0. The predicted molar refractivity (Wildman–Crippen MR) is 48.9 cm³/mol. The van der Waals surface area contributed by atoms with Gasteiger partial charge < -0.3 is 10.2 Å². The summed E-state index contributed by atoms with van der Waals surface area (Å²) in [7, 11) is 0. The SMILES string of the molecule is N#Cc1nc(-c2ncco2)ccc1N. The molecular weight excluding hydrogens is 180 g/mol. The molecule has 0 atom stereocenters. The summed E-state index contributed by atoms with van der Waals surface area (Å²) in [5, 5.41) is 8.70. The van der Waals surface area contributed by atoms with Crippen molar-refractivity contribution in [1.29, 1.82) is 5.26 Å². The maximum atomic E-state index is 8.70. The van der Waals surface area contributed by atoms with Gasteiger partial charge in [0.25, 0.3) is 0 Å².